The first-order valence-electron chi connectivity index (χ1n) is 6.05. The average Bonchev–Trinajstić information content (AvgIpc) is 3.04. The van der Waals surface area contributed by atoms with E-state index >= 15 is 0 Å². The molecule has 0 bridgehead atoms. The molecular formula is C12H16ClN3O2S2. The van der Waals surface area contributed by atoms with Gasteiger partial charge in [-0.3, -0.25) is 5.10 Å². The van der Waals surface area contributed by atoms with Crippen LogP contribution in [0.4, 0.5) is 0 Å². The lowest BCUT2D eigenvalue weighted by molar-refractivity contribution is 0.470. The summed E-state index contributed by atoms with van der Waals surface area (Å²) in [6.45, 7) is 2.17. The second-order valence-electron chi connectivity index (χ2n) is 4.42. The highest BCUT2D eigenvalue weighted by Gasteiger charge is 2.27. The van der Waals surface area contributed by atoms with Crippen molar-refractivity contribution in [2.75, 3.05) is 13.6 Å². The van der Waals surface area contributed by atoms with E-state index in [1.165, 1.54) is 4.31 Å². The first-order valence-corrected chi connectivity index (χ1v) is 8.90. The fourth-order valence-electron chi connectivity index (χ4n) is 1.79. The van der Waals surface area contributed by atoms with Crippen molar-refractivity contribution in [2.45, 2.75) is 24.3 Å². The van der Waals surface area contributed by atoms with Gasteiger partial charge in [0.05, 0.1) is 5.88 Å². The van der Waals surface area contributed by atoms with Crippen LogP contribution in [0.25, 0.3) is 0 Å². The number of aromatic nitrogens is 2. The molecule has 5 nitrogen and oxygen atoms in total. The Balaban J connectivity index is 2.16. The van der Waals surface area contributed by atoms with Crippen LogP contribution in [0.5, 0.6) is 0 Å². The summed E-state index contributed by atoms with van der Waals surface area (Å²) in [6, 6.07) is 3.95. The molecule has 0 radical (unpaired) electrons. The topological polar surface area (TPSA) is 66.1 Å². The second-order valence-corrected chi connectivity index (χ2v) is 7.68. The normalized spacial score (nSPS) is 12.2. The number of halogens is 1. The zero-order valence-electron chi connectivity index (χ0n) is 11.3. The number of nitrogens with zero attached hydrogens (tertiary/aromatic N) is 2. The lowest BCUT2D eigenvalue weighted by Gasteiger charge is -2.15. The minimum atomic E-state index is -3.60. The number of nitrogens with one attached hydrogen (secondary N) is 1. The van der Waals surface area contributed by atoms with E-state index in [0.717, 1.165) is 4.88 Å². The summed E-state index contributed by atoms with van der Waals surface area (Å²) in [5, 5.41) is 8.57. The van der Waals surface area contributed by atoms with Gasteiger partial charge in [-0.1, -0.05) is 6.07 Å². The summed E-state index contributed by atoms with van der Waals surface area (Å²) in [5.74, 6) is 0.121. The molecule has 2 aromatic rings. The third kappa shape index (κ3) is 3.06. The van der Waals surface area contributed by atoms with Crippen LogP contribution < -0.4 is 0 Å². The van der Waals surface area contributed by atoms with Gasteiger partial charge in [0.15, 0.2) is 5.03 Å². The summed E-state index contributed by atoms with van der Waals surface area (Å²) < 4.78 is 26.3. The zero-order chi connectivity index (χ0) is 14.8. The van der Waals surface area contributed by atoms with Gasteiger partial charge in [0.1, 0.15) is 0 Å². The Morgan fingerprint density at radius 1 is 1.50 bits per heavy atom. The van der Waals surface area contributed by atoms with Crippen molar-refractivity contribution in [1.29, 1.82) is 0 Å². The highest BCUT2D eigenvalue weighted by atomic mass is 35.5. The molecule has 0 aliphatic carbocycles. The first kappa shape index (κ1) is 15.5. The van der Waals surface area contributed by atoms with Crippen molar-refractivity contribution in [2.24, 2.45) is 0 Å². The maximum Gasteiger partial charge on any atom is 0.262 e. The molecule has 0 saturated heterocycles. The van der Waals surface area contributed by atoms with Gasteiger partial charge in [-0.2, -0.15) is 9.40 Å². The first-order chi connectivity index (χ1) is 9.46. The van der Waals surface area contributed by atoms with Crippen LogP contribution in [0.1, 0.15) is 16.1 Å². The number of likely N-dealkylation sites (N-methyl/N-ethyl adjacent to an activating group) is 1. The molecule has 8 heteroatoms. The molecule has 0 aliphatic rings. The van der Waals surface area contributed by atoms with Crippen molar-refractivity contribution in [3.8, 4) is 0 Å². The smallest absolute Gasteiger partial charge is 0.262 e. The molecule has 0 aromatic carbocycles. The third-order valence-corrected chi connectivity index (χ3v) is 6.11. The summed E-state index contributed by atoms with van der Waals surface area (Å²) in [7, 11) is -2.04. The summed E-state index contributed by atoms with van der Waals surface area (Å²) >= 11 is 7.43. The average molecular weight is 334 g/mol. The van der Waals surface area contributed by atoms with Crippen molar-refractivity contribution < 1.29 is 8.42 Å². The van der Waals surface area contributed by atoms with Crippen LogP contribution in [0.2, 0.25) is 0 Å². The van der Waals surface area contributed by atoms with Gasteiger partial charge in [0, 0.05) is 29.7 Å². The Hall–Kier alpha value is -0.890. The van der Waals surface area contributed by atoms with Gasteiger partial charge in [-0.15, -0.1) is 22.9 Å². The monoisotopic (exact) mass is 333 g/mol. The van der Waals surface area contributed by atoms with Crippen LogP contribution >= 0.6 is 22.9 Å². The van der Waals surface area contributed by atoms with Crippen LogP contribution in [0, 0.1) is 6.92 Å². The molecule has 20 heavy (non-hydrogen) atoms. The van der Waals surface area contributed by atoms with E-state index in [1.807, 2.05) is 17.5 Å². The van der Waals surface area contributed by atoms with E-state index < -0.39 is 10.0 Å². The highest BCUT2D eigenvalue weighted by Crippen LogP contribution is 2.21. The van der Waals surface area contributed by atoms with E-state index in [1.54, 1.807) is 25.3 Å². The summed E-state index contributed by atoms with van der Waals surface area (Å²) in [6.07, 6.45) is 0.688. The van der Waals surface area contributed by atoms with Crippen LogP contribution in [0.3, 0.4) is 0 Å². The van der Waals surface area contributed by atoms with Crippen molar-refractivity contribution >= 4 is 33.0 Å². The Morgan fingerprint density at radius 2 is 2.25 bits per heavy atom. The van der Waals surface area contributed by atoms with E-state index in [2.05, 4.69) is 10.2 Å². The summed E-state index contributed by atoms with van der Waals surface area (Å²) in [5.41, 5.74) is 1.22. The second kappa shape index (κ2) is 6.26. The number of aromatic amines is 1. The number of alkyl halides is 1. The predicted octanol–water partition coefficient (Wildman–Crippen LogP) is 2.38. The molecular weight excluding hydrogens is 318 g/mol. The molecule has 2 aromatic heterocycles. The van der Waals surface area contributed by atoms with Crippen LogP contribution in [-0.4, -0.2) is 36.5 Å². The fourth-order valence-corrected chi connectivity index (χ4v) is 4.22. The molecule has 0 aliphatic heterocycles. The predicted molar refractivity (Wildman–Crippen MR) is 80.7 cm³/mol. The van der Waals surface area contributed by atoms with Gasteiger partial charge in [-0.05, 0) is 24.8 Å². The Labute approximate surface area is 127 Å². The fraction of sp³-hybridized carbons (Fsp3) is 0.417. The quantitative estimate of drug-likeness (QED) is 0.825. The number of H-pyrrole nitrogens is 1. The minimum absolute atomic E-state index is 0.0266. The van der Waals surface area contributed by atoms with E-state index in [0.29, 0.717) is 24.2 Å². The molecule has 0 spiro atoms. The number of sulfonamides is 1. The van der Waals surface area contributed by atoms with E-state index in [-0.39, 0.29) is 10.9 Å². The van der Waals surface area contributed by atoms with E-state index in [4.69, 9.17) is 11.6 Å². The third-order valence-electron chi connectivity index (χ3n) is 3.08. The van der Waals surface area contributed by atoms with Crippen LogP contribution in [-0.2, 0) is 22.3 Å². The molecule has 0 amide bonds. The Kier molecular flexibility index (Phi) is 4.85. The van der Waals surface area contributed by atoms with Crippen molar-refractivity contribution in [1.82, 2.24) is 14.5 Å². The van der Waals surface area contributed by atoms with Crippen molar-refractivity contribution in [3.63, 3.8) is 0 Å². The van der Waals surface area contributed by atoms with E-state index in [9.17, 15) is 8.42 Å². The summed E-state index contributed by atoms with van der Waals surface area (Å²) in [4.78, 5) is 1.16. The molecule has 0 fully saturated rings. The molecule has 110 valence electrons. The van der Waals surface area contributed by atoms with Gasteiger partial charge < -0.3 is 0 Å². The highest BCUT2D eigenvalue weighted by molar-refractivity contribution is 7.89. The number of hydrogen-bond acceptors (Lipinski definition) is 4. The Morgan fingerprint density at radius 3 is 2.85 bits per heavy atom. The lowest BCUT2D eigenvalue weighted by atomic mass is 10.3. The molecule has 2 heterocycles. The standard InChI is InChI=1S/C12H16ClN3O2S2/c1-9-11(8-13)12(15-14-9)20(17,18)16(2)6-5-10-4-3-7-19-10/h3-4,7H,5-6,8H2,1-2H3,(H,14,15). The number of aryl methyl sites for hydroxylation is 1. The van der Waals surface area contributed by atoms with Gasteiger partial charge in [0.2, 0.25) is 0 Å². The molecule has 0 saturated carbocycles. The van der Waals surface area contributed by atoms with Gasteiger partial charge >= 0.3 is 0 Å². The number of thiophene rings is 1. The number of hydrogen-bond donors (Lipinski definition) is 1. The minimum Gasteiger partial charge on any atom is -0.281 e. The molecule has 2 rings (SSSR count). The molecule has 0 atom stereocenters. The Bertz CT molecular complexity index is 665. The van der Waals surface area contributed by atoms with Crippen LogP contribution in [0.15, 0.2) is 22.5 Å². The van der Waals surface area contributed by atoms with Gasteiger partial charge in [-0.25, -0.2) is 8.42 Å². The van der Waals surface area contributed by atoms with Gasteiger partial charge in [0.25, 0.3) is 10.0 Å². The lowest BCUT2D eigenvalue weighted by Crippen LogP contribution is -2.29. The number of rotatable bonds is 6. The molecule has 1 N–H and O–H groups in total. The largest absolute Gasteiger partial charge is 0.281 e. The maximum absolute atomic E-state index is 12.5. The maximum atomic E-state index is 12.5. The SMILES string of the molecule is Cc1[nH]nc(S(=O)(=O)N(C)CCc2cccs2)c1CCl. The zero-order valence-corrected chi connectivity index (χ0v) is 13.6. The molecule has 0 unspecified atom stereocenters. The van der Waals surface area contributed by atoms with Crippen molar-refractivity contribution in [3.05, 3.63) is 33.6 Å².